The first-order valence-corrected chi connectivity index (χ1v) is 13.0. The summed E-state index contributed by atoms with van der Waals surface area (Å²) in [7, 11) is 0. The second-order valence-corrected chi connectivity index (χ2v) is 10.3. The first-order chi connectivity index (χ1) is 17.7. The van der Waals surface area contributed by atoms with Crippen molar-refractivity contribution in [2.24, 2.45) is 0 Å². The molecule has 3 aromatic rings. The number of furan rings is 1. The Morgan fingerprint density at radius 3 is 2.54 bits per heavy atom. The molecule has 2 aromatic carbocycles. The molecular formula is C28H28N2O5S2. The van der Waals surface area contributed by atoms with E-state index in [-0.39, 0.29) is 25.0 Å². The largest absolute Gasteiger partial charge is 0.490 e. The van der Waals surface area contributed by atoms with Crippen LogP contribution in [0, 0.1) is 20.8 Å². The average Bonchev–Trinajstić information content (AvgIpc) is 3.45. The maximum atomic E-state index is 12.9. The number of nitrogens with one attached hydrogen (secondary N) is 1. The highest BCUT2D eigenvalue weighted by atomic mass is 32.2. The molecule has 0 aliphatic carbocycles. The normalized spacial score (nSPS) is 14.4. The highest BCUT2D eigenvalue weighted by Gasteiger charge is 2.32. The van der Waals surface area contributed by atoms with Crippen molar-refractivity contribution in [1.82, 2.24) is 4.90 Å². The molecule has 1 aliphatic heterocycles. The highest BCUT2D eigenvalue weighted by Crippen LogP contribution is 2.35. The van der Waals surface area contributed by atoms with Gasteiger partial charge in [-0.15, -0.1) is 0 Å². The lowest BCUT2D eigenvalue weighted by atomic mass is 10.1. The quantitative estimate of drug-likeness (QED) is 0.264. The average molecular weight is 537 g/mol. The van der Waals surface area contributed by atoms with Crippen LogP contribution in [0.4, 0.5) is 5.69 Å². The number of amides is 2. The molecular weight excluding hydrogens is 508 g/mol. The molecule has 4 rings (SSSR count). The summed E-state index contributed by atoms with van der Waals surface area (Å²) in [6.45, 7) is 8.36. The molecule has 1 saturated heterocycles. The molecule has 2 heterocycles. The molecule has 2 amide bonds. The predicted octanol–water partition coefficient (Wildman–Crippen LogP) is 6.02. The maximum absolute atomic E-state index is 12.9. The summed E-state index contributed by atoms with van der Waals surface area (Å²) in [5, 5.41) is 2.94. The molecule has 192 valence electrons. The molecule has 0 atom stereocenters. The first kappa shape index (κ1) is 26.5. The van der Waals surface area contributed by atoms with Gasteiger partial charge in [0.25, 0.3) is 11.8 Å². The summed E-state index contributed by atoms with van der Waals surface area (Å²) in [4.78, 5) is 27.6. The Morgan fingerprint density at radius 1 is 1.11 bits per heavy atom. The number of nitrogens with zero attached hydrogens (tertiary/aromatic N) is 1. The molecule has 0 unspecified atom stereocenters. The standard InChI is InChI=1S/C28H28N2O5S2/c1-5-33-23-13-20(14-24-27(32)30(28(36)37-24)15-21-7-6-10-34-21)8-9-22(23)35-16-25(31)29-26-18(3)11-17(2)12-19(26)4/h6-14H,5,15-16H2,1-4H3,(H,29,31)/b24-14-. The molecule has 0 spiro atoms. The Kier molecular flexibility index (Phi) is 8.35. The van der Waals surface area contributed by atoms with Crippen LogP contribution in [0.2, 0.25) is 0 Å². The van der Waals surface area contributed by atoms with Crippen molar-refractivity contribution in [3.63, 3.8) is 0 Å². The summed E-state index contributed by atoms with van der Waals surface area (Å²) in [6.07, 6.45) is 3.33. The van der Waals surface area contributed by atoms with Gasteiger partial charge in [-0.1, -0.05) is 47.7 Å². The summed E-state index contributed by atoms with van der Waals surface area (Å²) >= 11 is 6.65. The predicted molar refractivity (Wildman–Crippen MR) is 150 cm³/mol. The van der Waals surface area contributed by atoms with Crippen LogP contribution in [0.3, 0.4) is 0 Å². The highest BCUT2D eigenvalue weighted by molar-refractivity contribution is 8.26. The fourth-order valence-electron chi connectivity index (χ4n) is 4.04. The number of rotatable bonds is 9. The van der Waals surface area contributed by atoms with Crippen LogP contribution in [0.1, 0.15) is 34.9 Å². The molecule has 7 nitrogen and oxygen atoms in total. The number of aryl methyl sites for hydroxylation is 3. The molecule has 1 aliphatic rings. The monoisotopic (exact) mass is 536 g/mol. The summed E-state index contributed by atoms with van der Waals surface area (Å²) in [5.41, 5.74) is 4.69. The van der Waals surface area contributed by atoms with E-state index in [0.717, 1.165) is 27.9 Å². The minimum Gasteiger partial charge on any atom is -0.490 e. The molecule has 0 radical (unpaired) electrons. The number of thioether (sulfide) groups is 1. The van der Waals surface area contributed by atoms with Gasteiger partial charge in [0.1, 0.15) is 10.1 Å². The topological polar surface area (TPSA) is 81.0 Å². The first-order valence-electron chi connectivity index (χ1n) is 11.8. The zero-order valence-corrected chi connectivity index (χ0v) is 22.8. The number of hydrogen-bond acceptors (Lipinski definition) is 7. The van der Waals surface area contributed by atoms with Gasteiger partial charge in [0, 0.05) is 5.69 Å². The Morgan fingerprint density at radius 2 is 1.86 bits per heavy atom. The fourth-order valence-corrected chi connectivity index (χ4v) is 5.30. The maximum Gasteiger partial charge on any atom is 0.266 e. The molecule has 0 bridgehead atoms. The van der Waals surface area contributed by atoms with Gasteiger partial charge in [0.15, 0.2) is 18.1 Å². The SMILES string of the molecule is CCOc1cc(/C=C2\SC(=S)N(Cc3ccco3)C2=O)ccc1OCC(=O)Nc1c(C)cc(C)cc1C. The number of carbonyl (C=O) groups excluding carboxylic acids is 2. The molecule has 1 fully saturated rings. The Hall–Kier alpha value is -3.56. The van der Waals surface area contributed by atoms with E-state index in [1.807, 2.05) is 45.9 Å². The van der Waals surface area contributed by atoms with Gasteiger partial charge in [0.2, 0.25) is 0 Å². The number of thiocarbonyl (C=S) groups is 1. The number of carbonyl (C=O) groups is 2. The van der Waals surface area contributed by atoms with E-state index in [2.05, 4.69) is 5.32 Å². The van der Waals surface area contributed by atoms with Crippen LogP contribution in [0.25, 0.3) is 6.08 Å². The van der Waals surface area contributed by atoms with E-state index < -0.39 is 0 Å². The summed E-state index contributed by atoms with van der Waals surface area (Å²) in [5.74, 6) is 1.15. The van der Waals surface area contributed by atoms with E-state index >= 15 is 0 Å². The smallest absolute Gasteiger partial charge is 0.266 e. The van der Waals surface area contributed by atoms with E-state index in [1.54, 1.807) is 36.6 Å². The zero-order chi connectivity index (χ0) is 26.5. The third-order valence-electron chi connectivity index (χ3n) is 5.63. The van der Waals surface area contributed by atoms with Crippen molar-refractivity contribution in [2.75, 3.05) is 18.5 Å². The van der Waals surface area contributed by atoms with Gasteiger partial charge in [-0.25, -0.2) is 0 Å². The van der Waals surface area contributed by atoms with Crippen LogP contribution in [-0.4, -0.2) is 34.2 Å². The lowest BCUT2D eigenvalue weighted by molar-refractivity contribution is -0.122. The van der Waals surface area contributed by atoms with Gasteiger partial charge in [-0.3, -0.25) is 14.5 Å². The second-order valence-electron chi connectivity index (χ2n) is 8.60. The Balaban J connectivity index is 1.45. The number of hydrogen-bond donors (Lipinski definition) is 1. The summed E-state index contributed by atoms with van der Waals surface area (Å²) < 4.78 is 17.4. The molecule has 37 heavy (non-hydrogen) atoms. The van der Waals surface area contributed by atoms with Crippen molar-refractivity contribution in [3.05, 3.63) is 81.6 Å². The van der Waals surface area contributed by atoms with Gasteiger partial charge in [0.05, 0.1) is 24.3 Å². The van der Waals surface area contributed by atoms with Gasteiger partial charge < -0.3 is 19.2 Å². The van der Waals surface area contributed by atoms with Crippen LogP contribution >= 0.6 is 24.0 Å². The van der Waals surface area contributed by atoms with E-state index in [9.17, 15) is 9.59 Å². The van der Waals surface area contributed by atoms with E-state index in [4.69, 9.17) is 26.1 Å². The minimum atomic E-state index is -0.262. The van der Waals surface area contributed by atoms with Crippen molar-refractivity contribution in [3.8, 4) is 11.5 Å². The lowest BCUT2D eigenvalue weighted by Crippen LogP contribution is -2.27. The molecule has 9 heteroatoms. The van der Waals surface area contributed by atoms with Crippen molar-refractivity contribution < 1.29 is 23.5 Å². The van der Waals surface area contributed by atoms with E-state index in [0.29, 0.717) is 33.1 Å². The second kappa shape index (κ2) is 11.7. The summed E-state index contributed by atoms with van der Waals surface area (Å²) in [6, 6.07) is 13.0. The van der Waals surface area contributed by atoms with Gasteiger partial charge >= 0.3 is 0 Å². The molecule has 1 aromatic heterocycles. The Labute approximate surface area is 225 Å². The molecule has 1 N–H and O–H groups in total. The fraction of sp³-hybridized carbons (Fsp3) is 0.250. The zero-order valence-electron chi connectivity index (χ0n) is 21.1. The van der Waals surface area contributed by atoms with Gasteiger partial charge in [-0.05, 0) is 74.7 Å². The van der Waals surface area contributed by atoms with Crippen molar-refractivity contribution in [2.45, 2.75) is 34.2 Å². The van der Waals surface area contributed by atoms with Crippen molar-refractivity contribution in [1.29, 1.82) is 0 Å². The lowest BCUT2D eigenvalue weighted by Gasteiger charge is -2.15. The van der Waals surface area contributed by atoms with Gasteiger partial charge in [-0.2, -0.15) is 0 Å². The van der Waals surface area contributed by atoms with Crippen LogP contribution in [0.15, 0.2) is 58.1 Å². The number of benzene rings is 2. The minimum absolute atomic E-state index is 0.169. The van der Waals surface area contributed by atoms with Crippen LogP contribution in [-0.2, 0) is 16.1 Å². The Bertz CT molecular complexity index is 1340. The number of anilines is 1. The number of ether oxygens (including phenoxy) is 2. The molecule has 0 saturated carbocycles. The van der Waals surface area contributed by atoms with Crippen molar-refractivity contribution >= 4 is 51.9 Å². The third kappa shape index (κ3) is 6.42. The van der Waals surface area contributed by atoms with E-state index in [1.165, 1.54) is 16.7 Å². The third-order valence-corrected chi connectivity index (χ3v) is 7.01. The van der Waals surface area contributed by atoms with Crippen LogP contribution < -0.4 is 14.8 Å². The van der Waals surface area contributed by atoms with Crippen LogP contribution in [0.5, 0.6) is 11.5 Å².